The number of furan rings is 1. The third kappa shape index (κ3) is 5.97. The summed E-state index contributed by atoms with van der Waals surface area (Å²) in [4.78, 5) is 8.92. The third-order valence-corrected chi connectivity index (χ3v) is 8.32. The first-order valence-electron chi connectivity index (χ1n) is 15.3. The molecular formula is C43H28IrN2O-2. The summed E-state index contributed by atoms with van der Waals surface area (Å²) in [5.41, 5.74) is 9.05. The van der Waals surface area contributed by atoms with Crippen molar-refractivity contribution in [3.05, 3.63) is 170 Å². The maximum Gasteiger partial charge on any atom is 0.128 e. The maximum absolute atomic E-state index is 6.50. The largest absolute Gasteiger partial charge is 0.500 e. The SMILES string of the molecule is Cc1ccc2ccc(-c3ccnc(-c4[c-]ccc5c4oc4c6ccccc6ccc54)c3)cc2c1.[Ir].[c-]1ccccc1-c1ccccn1. The Labute approximate surface area is 286 Å². The van der Waals surface area contributed by atoms with E-state index in [9.17, 15) is 0 Å². The standard InChI is InChI=1S/C32H20NO.C11H8N.Ir/c1-20-9-10-21-11-12-23(18-25(21)17-20)24-15-16-33-30(19-24)29-8-4-7-27-28-14-13-22-5-2-3-6-26(22)31(28)34-32(27)29;1-2-6-10(7-3-1)11-8-4-5-9-12-11;/h2-7,9-19H,1H3;1-6,8-9H;/q2*-1;. The van der Waals surface area contributed by atoms with E-state index in [1.165, 1.54) is 27.3 Å². The minimum Gasteiger partial charge on any atom is -0.500 e. The molecule has 0 aliphatic heterocycles. The zero-order valence-corrected chi connectivity index (χ0v) is 28.0. The van der Waals surface area contributed by atoms with Gasteiger partial charge < -0.3 is 14.4 Å². The molecule has 0 amide bonds. The van der Waals surface area contributed by atoms with Crippen LogP contribution in [0, 0.1) is 19.1 Å². The molecule has 0 fully saturated rings. The van der Waals surface area contributed by atoms with Crippen LogP contribution in [0.1, 0.15) is 5.56 Å². The van der Waals surface area contributed by atoms with Crippen LogP contribution in [-0.4, -0.2) is 9.97 Å². The van der Waals surface area contributed by atoms with Gasteiger partial charge in [0.05, 0.1) is 5.58 Å². The summed E-state index contributed by atoms with van der Waals surface area (Å²) >= 11 is 0. The van der Waals surface area contributed by atoms with E-state index >= 15 is 0 Å². The molecular weight excluding hydrogens is 753 g/mol. The molecule has 3 nitrogen and oxygen atoms in total. The Bertz CT molecular complexity index is 2450. The van der Waals surface area contributed by atoms with Crippen LogP contribution in [0.3, 0.4) is 0 Å². The predicted octanol–water partition coefficient (Wildman–Crippen LogP) is 11.3. The van der Waals surface area contributed by atoms with Gasteiger partial charge in [0.25, 0.3) is 0 Å². The van der Waals surface area contributed by atoms with Crippen molar-refractivity contribution in [3.8, 4) is 33.6 Å². The van der Waals surface area contributed by atoms with Crippen molar-refractivity contribution in [2.24, 2.45) is 0 Å². The van der Waals surface area contributed by atoms with Crippen LogP contribution < -0.4 is 0 Å². The second-order valence-corrected chi connectivity index (χ2v) is 11.3. The van der Waals surface area contributed by atoms with Gasteiger partial charge in [0.15, 0.2) is 0 Å². The molecule has 47 heavy (non-hydrogen) atoms. The number of pyridine rings is 2. The predicted molar refractivity (Wildman–Crippen MR) is 189 cm³/mol. The van der Waals surface area contributed by atoms with Gasteiger partial charge in [0, 0.05) is 43.3 Å². The summed E-state index contributed by atoms with van der Waals surface area (Å²) in [6, 6.07) is 54.3. The van der Waals surface area contributed by atoms with Gasteiger partial charge in [-0.2, -0.15) is 0 Å². The number of fused-ring (bicyclic) bond motifs is 6. The molecule has 227 valence electrons. The Morgan fingerprint density at radius 3 is 2.17 bits per heavy atom. The molecule has 0 unspecified atom stereocenters. The molecule has 0 aliphatic carbocycles. The Hall–Kier alpha value is -5.41. The molecule has 0 aliphatic rings. The van der Waals surface area contributed by atoms with E-state index in [1.54, 1.807) is 6.20 Å². The molecule has 0 saturated heterocycles. The number of nitrogens with zero attached hydrogens (tertiary/aromatic N) is 2. The van der Waals surface area contributed by atoms with Crippen molar-refractivity contribution in [3.63, 3.8) is 0 Å². The molecule has 1 radical (unpaired) electrons. The summed E-state index contributed by atoms with van der Waals surface area (Å²) in [7, 11) is 0. The molecule has 9 aromatic rings. The summed E-state index contributed by atoms with van der Waals surface area (Å²) in [6.07, 6.45) is 3.66. The van der Waals surface area contributed by atoms with Crippen LogP contribution in [0.5, 0.6) is 0 Å². The maximum atomic E-state index is 6.50. The fourth-order valence-electron chi connectivity index (χ4n) is 6.03. The normalized spacial score (nSPS) is 10.9. The Morgan fingerprint density at radius 2 is 1.30 bits per heavy atom. The molecule has 9 rings (SSSR count). The van der Waals surface area contributed by atoms with E-state index in [4.69, 9.17) is 9.40 Å². The number of benzene rings is 6. The van der Waals surface area contributed by atoms with Crippen molar-refractivity contribution >= 4 is 43.5 Å². The van der Waals surface area contributed by atoms with Gasteiger partial charge in [0.1, 0.15) is 5.58 Å². The van der Waals surface area contributed by atoms with Crippen LogP contribution in [0.15, 0.2) is 156 Å². The average Bonchev–Trinajstić information content (AvgIpc) is 3.52. The number of rotatable bonds is 3. The topological polar surface area (TPSA) is 38.9 Å². The van der Waals surface area contributed by atoms with E-state index in [-0.39, 0.29) is 20.1 Å². The van der Waals surface area contributed by atoms with E-state index in [2.05, 4.69) is 115 Å². The van der Waals surface area contributed by atoms with Gasteiger partial charge in [0.2, 0.25) is 0 Å². The average molecular weight is 781 g/mol. The summed E-state index contributed by atoms with van der Waals surface area (Å²) < 4.78 is 6.50. The fraction of sp³-hybridized carbons (Fsp3) is 0.0233. The molecule has 0 spiro atoms. The zero-order valence-electron chi connectivity index (χ0n) is 25.6. The second kappa shape index (κ2) is 13.1. The third-order valence-electron chi connectivity index (χ3n) is 8.32. The Balaban J connectivity index is 0.000000228. The summed E-state index contributed by atoms with van der Waals surface area (Å²) in [5, 5.41) is 6.99. The van der Waals surface area contributed by atoms with E-state index in [0.29, 0.717) is 0 Å². The van der Waals surface area contributed by atoms with Crippen molar-refractivity contribution in [2.75, 3.05) is 0 Å². The quantitative estimate of drug-likeness (QED) is 0.168. The van der Waals surface area contributed by atoms with Gasteiger partial charge in [-0.25, -0.2) is 0 Å². The Kier molecular flexibility index (Phi) is 8.46. The number of aryl methyl sites for hydroxylation is 1. The van der Waals surface area contributed by atoms with Crippen molar-refractivity contribution in [1.29, 1.82) is 0 Å². The molecule has 4 heteroatoms. The van der Waals surface area contributed by atoms with Gasteiger partial charge >= 0.3 is 0 Å². The second-order valence-electron chi connectivity index (χ2n) is 11.3. The molecule has 0 saturated carbocycles. The Morgan fingerprint density at radius 1 is 0.511 bits per heavy atom. The van der Waals surface area contributed by atoms with Gasteiger partial charge in [-0.1, -0.05) is 101 Å². The van der Waals surface area contributed by atoms with Crippen molar-refractivity contribution in [1.82, 2.24) is 9.97 Å². The van der Waals surface area contributed by atoms with E-state index in [0.717, 1.165) is 55.4 Å². The monoisotopic (exact) mass is 781 g/mol. The molecule has 3 aromatic heterocycles. The number of hydrogen-bond acceptors (Lipinski definition) is 3. The van der Waals surface area contributed by atoms with E-state index < -0.39 is 0 Å². The molecule has 0 atom stereocenters. The molecule has 0 bridgehead atoms. The first-order valence-corrected chi connectivity index (χ1v) is 15.3. The minimum atomic E-state index is 0. The molecule has 6 aromatic carbocycles. The summed E-state index contributed by atoms with van der Waals surface area (Å²) in [6.45, 7) is 2.13. The number of aromatic nitrogens is 2. The van der Waals surface area contributed by atoms with Crippen LogP contribution in [0.4, 0.5) is 0 Å². The fourth-order valence-corrected chi connectivity index (χ4v) is 6.03. The first kappa shape index (κ1) is 30.3. The van der Waals surface area contributed by atoms with Crippen molar-refractivity contribution in [2.45, 2.75) is 6.92 Å². The molecule has 3 heterocycles. The van der Waals surface area contributed by atoms with Crippen LogP contribution >= 0.6 is 0 Å². The number of hydrogen-bond donors (Lipinski definition) is 0. The minimum absolute atomic E-state index is 0. The van der Waals surface area contributed by atoms with E-state index in [1.807, 2.05) is 54.7 Å². The van der Waals surface area contributed by atoms with Crippen LogP contribution in [-0.2, 0) is 20.1 Å². The summed E-state index contributed by atoms with van der Waals surface area (Å²) in [5.74, 6) is 0. The van der Waals surface area contributed by atoms with Gasteiger partial charge in [-0.3, -0.25) is 0 Å². The van der Waals surface area contributed by atoms with Gasteiger partial charge in [-0.05, 0) is 63.8 Å². The van der Waals surface area contributed by atoms with Crippen LogP contribution in [0.2, 0.25) is 0 Å². The van der Waals surface area contributed by atoms with Crippen molar-refractivity contribution < 1.29 is 24.5 Å². The molecule has 0 N–H and O–H groups in total. The van der Waals surface area contributed by atoms with Crippen LogP contribution in [0.25, 0.3) is 77.1 Å². The first-order chi connectivity index (χ1) is 22.7. The zero-order chi connectivity index (χ0) is 30.9. The van der Waals surface area contributed by atoms with Gasteiger partial charge in [-0.15, -0.1) is 54.1 Å². The smallest absolute Gasteiger partial charge is 0.128 e.